The Morgan fingerprint density at radius 2 is 1.97 bits per heavy atom. The average Bonchev–Trinajstić information content (AvgIpc) is 2.58. The molecule has 0 fully saturated rings. The van der Waals surface area contributed by atoms with Gasteiger partial charge < -0.3 is 10.1 Å². The molecular formula is C21H25FN2O4S. The molecule has 0 bridgehead atoms. The van der Waals surface area contributed by atoms with E-state index in [2.05, 4.69) is 5.32 Å². The van der Waals surface area contributed by atoms with Crippen molar-refractivity contribution in [2.45, 2.75) is 38.8 Å². The van der Waals surface area contributed by atoms with Gasteiger partial charge in [0.05, 0.1) is 18.0 Å². The molecule has 0 aliphatic carbocycles. The maximum atomic E-state index is 14.2. The van der Waals surface area contributed by atoms with Crippen LogP contribution in [0.3, 0.4) is 0 Å². The SMILES string of the molecule is Cc1ccc2c(c1)OC(C)(C)C[C@@H]2NC(=O)CN(c1ccccc1F)S(C)(=O)=O. The van der Waals surface area contributed by atoms with Crippen LogP contribution in [0.1, 0.15) is 37.4 Å². The summed E-state index contributed by atoms with van der Waals surface area (Å²) < 4.78 is 45.4. The van der Waals surface area contributed by atoms with Crippen molar-refractivity contribution in [2.75, 3.05) is 17.1 Å². The number of ether oxygens (including phenoxy) is 1. The first kappa shape index (κ1) is 21.1. The molecule has 1 aliphatic heterocycles. The molecule has 1 N–H and O–H groups in total. The van der Waals surface area contributed by atoms with Crippen LogP contribution in [0.15, 0.2) is 42.5 Å². The van der Waals surface area contributed by atoms with Gasteiger partial charge in [-0.3, -0.25) is 9.10 Å². The molecule has 2 aromatic carbocycles. The number of hydrogen-bond donors (Lipinski definition) is 1. The molecule has 2 aromatic rings. The van der Waals surface area contributed by atoms with Gasteiger partial charge in [-0.05, 0) is 44.5 Å². The number of fused-ring (bicyclic) bond motifs is 1. The summed E-state index contributed by atoms with van der Waals surface area (Å²) in [6, 6.07) is 10.9. The lowest BCUT2D eigenvalue weighted by atomic mass is 9.89. The third-order valence-electron chi connectivity index (χ3n) is 4.77. The minimum atomic E-state index is -3.86. The molecule has 1 amide bonds. The third kappa shape index (κ3) is 4.87. The summed E-state index contributed by atoms with van der Waals surface area (Å²) in [4.78, 5) is 12.8. The van der Waals surface area contributed by atoms with E-state index in [-0.39, 0.29) is 11.7 Å². The summed E-state index contributed by atoms with van der Waals surface area (Å²) in [5.41, 5.74) is 1.21. The van der Waals surface area contributed by atoms with Gasteiger partial charge in [0.2, 0.25) is 15.9 Å². The Hall–Kier alpha value is -2.61. The van der Waals surface area contributed by atoms with Crippen molar-refractivity contribution < 1.29 is 22.3 Å². The number of amides is 1. The third-order valence-corrected chi connectivity index (χ3v) is 5.90. The quantitative estimate of drug-likeness (QED) is 0.805. The number of para-hydroxylation sites is 1. The van der Waals surface area contributed by atoms with Gasteiger partial charge >= 0.3 is 0 Å². The average molecular weight is 421 g/mol. The molecule has 0 spiro atoms. The van der Waals surface area contributed by atoms with Crippen LogP contribution in [-0.4, -0.2) is 32.7 Å². The number of halogens is 1. The lowest BCUT2D eigenvalue weighted by molar-refractivity contribution is -0.120. The van der Waals surface area contributed by atoms with Crippen molar-refractivity contribution in [3.05, 3.63) is 59.4 Å². The molecule has 156 valence electrons. The van der Waals surface area contributed by atoms with Crippen LogP contribution in [0.2, 0.25) is 0 Å². The molecule has 0 unspecified atom stereocenters. The lowest BCUT2D eigenvalue weighted by Gasteiger charge is -2.38. The maximum absolute atomic E-state index is 14.2. The number of nitrogens with one attached hydrogen (secondary N) is 1. The van der Waals surface area contributed by atoms with E-state index in [9.17, 15) is 17.6 Å². The molecule has 0 aromatic heterocycles. The van der Waals surface area contributed by atoms with Crippen molar-refractivity contribution >= 4 is 21.6 Å². The fourth-order valence-electron chi connectivity index (χ4n) is 3.49. The van der Waals surface area contributed by atoms with Gasteiger partial charge in [0.15, 0.2) is 0 Å². The van der Waals surface area contributed by atoms with E-state index in [4.69, 9.17) is 4.74 Å². The second-order valence-electron chi connectivity index (χ2n) is 7.95. The summed E-state index contributed by atoms with van der Waals surface area (Å²) in [6.07, 6.45) is 1.47. The predicted molar refractivity (Wildman–Crippen MR) is 110 cm³/mol. The summed E-state index contributed by atoms with van der Waals surface area (Å²) in [5, 5.41) is 2.89. The van der Waals surface area contributed by atoms with Gasteiger partial charge in [-0.1, -0.05) is 24.3 Å². The molecule has 3 rings (SSSR count). The molecule has 8 heteroatoms. The Labute approximate surface area is 170 Å². The van der Waals surface area contributed by atoms with Gasteiger partial charge in [0.25, 0.3) is 0 Å². The second-order valence-corrected chi connectivity index (χ2v) is 9.86. The molecule has 1 aliphatic rings. The van der Waals surface area contributed by atoms with Crippen molar-refractivity contribution in [2.24, 2.45) is 0 Å². The van der Waals surface area contributed by atoms with Crippen LogP contribution in [0.5, 0.6) is 5.75 Å². The first-order valence-electron chi connectivity index (χ1n) is 9.27. The minimum absolute atomic E-state index is 0.159. The van der Waals surface area contributed by atoms with Gasteiger partial charge in [-0.15, -0.1) is 0 Å². The van der Waals surface area contributed by atoms with Crippen LogP contribution >= 0.6 is 0 Å². The number of anilines is 1. The summed E-state index contributed by atoms with van der Waals surface area (Å²) in [6.45, 7) is 5.30. The van der Waals surface area contributed by atoms with Crippen molar-refractivity contribution in [3.63, 3.8) is 0 Å². The first-order chi connectivity index (χ1) is 13.5. The molecule has 0 saturated carbocycles. The smallest absolute Gasteiger partial charge is 0.241 e. The molecule has 29 heavy (non-hydrogen) atoms. The Morgan fingerprint density at radius 3 is 2.62 bits per heavy atom. The van der Waals surface area contributed by atoms with E-state index >= 15 is 0 Å². The number of aryl methyl sites for hydroxylation is 1. The Balaban J connectivity index is 1.85. The Morgan fingerprint density at radius 1 is 1.28 bits per heavy atom. The van der Waals surface area contributed by atoms with E-state index in [0.29, 0.717) is 12.2 Å². The van der Waals surface area contributed by atoms with Gasteiger partial charge in [-0.2, -0.15) is 0 Å². The number of hydrogen-bond acceptors (Lipinski definition) is 4. The Kier molecular flexibility index (Phi) is 5.58. The standard InChI is InChI=1S/C21H25FN2O4S/c1-14-9-10-15-17(12-21(2,3)28-19(15)11-14)23-20(25)13-24(29(4,26)27)18-8-6-5-7-16(18)22/h5-11,17H,12-13H2,1-4H3,(H,23,25)/t17-/m0/s1. The highest BCUT2D eigenvalue weighted by molar-refractivity contribution is 7.92. The van der Waals surface area contributed by atoms with Gasteiger partial charge in [0.1, 0.15) is 23.7 Å². The summed E-state index contributed by atoms with van der Waals surface area (Å²) in [7, 11) is -3.86. The fourth-order valence-corrected chi connectivity index (χ4v) is 4.35. The van der Waals surface area contributed by atoms with Crippen LogP contribution in [0.4, 0.5) is 10.1 Å². The fraction of sp³-hybridized carbons (Fsp3) is 0.381. The number of carbonyl (C=O) groups excluding carboxylic acids is 1. The van der Waals surface area contributed by atoms with E-state index in [1.165, 1.54) is 18.2 Å². The Bertz CT molecular complexity index is 1040. The van der Waals surface area contributed by atoms with Crippen molar-refractivity contribution in [1.29, 1.82) is 0 Å². The zero-order chi connectivity index (χ0) is 21.4. The number of carbonyl (C=O) groups is 1. The van der Waals surface area contributed by atoms with Crippen LogP contribution in [0, 0.1) is 12.7 Å². The molecule has 1 heterocycles. The maximum Gasteiger partial charge on any atom is 0.241 e. The van der Waals surface area contributed by atoms with Crippen LogP contribution in [-0.2, 0) is 14.8 Å². The van der Waals surface area contributed by atoms with Crippen LogP contribution in [0.25, 0.3) is 0 Å². The molecule has 0 saturated heterocycles. The number of rotatable bonds is 5. The zero-order valence-electron chi connectivity index (χ0n) is 16.9. The number of nitrogens with zero attached hydrogens (tertiary/aromatic N) is 1. The molecule has 6 nitrogen and oxygen atoms in total. The topological polar surface area (TPSA) is 75.7 Å². The lowest BCUT2D eigenvalue weighted by Crippen LogP contribution is -2.45. The van der Waals surface area contributed by atoms with Gasteiger partial charge in [0, 0.05) is 12.0 Å². The molecule has 1 atom stereocenters. The molecule has 0 radical (unpaired) electrons. The highest BCUT2D eigenvalue weighted by atomic mass is 32.2. The highest BCUT2D eigenvalue weighted by Gasteiger charge is 2.35. The second kappa shape index (κ2) is 7.67. The summed E-state index contributed by atoms with van der Waals surface area (Å²) >= 11 is 0. The van der Waals surface area contributed by atoms with E-state index in [1.807, 2.05) is 39.0 Å². The van der Waals surface area contributed by atoms with Crippen molar-refractivity contribution in [1.82, 2.24) is 5.32 Å². The van der Waals surface area contributed by atoms with Crippen LogP contribution < -0.4 is 14.4 Å². The van der Waals surface area contributed by atoms with Gasteiger partial charge in [-0.25, -0.2) is 12.8 Å². The minimum Gasteiger partial charge on any atom is -0.487 e. The normalized spacial score (nSPS) is 17.8. The zero-order valence-corrected chi connectivity index (χ0v) is 17.7. The largest absolute Gasteiger partial charge is 0.487 e. The van der Waals surface area contributed by atoms with E-state index < -0.39 is 33.9 Å². The summed E-state index contributed by atoms with van der Waals surface area (Å²) in [5.74, 6) is -0.535. The molecular weight excluding hydrogens is 395 g/mol. The van der Waals surface area contributed by atoms with E-state index in [1.54, 1.807) is 0 Å². The monoisotopic (exact) mass is 420 g/mol. The predicted octanol–water partition coefficient (Wildman–Crippen LogP) is 3.32. The van der Waals surface area contributed by atoms with Crippen molar-refractivity contribution in [3.8, 4) is 5.75 Å². The number of benzene rings is 2. The van der Waals surface area contributed by atoms with E-state index in [0.717, 1.165) is 27.8 Å². The number of sulfonamides is 1. The first-order valence-corrected chi connectivity index (χ1v) is 11.1. The highest BCUT2D eigenvalue weighted by Crippen LogP contribution is 2.39.